The highest BCUT2D eigenvalue weighted by molar-refractivity contribution is 7.99. The normalized spacial score (nSPS) is 12.2. The van der Waals surface area contributed by atoms with E-state index in [1.165, 1.54) is 32.3 Å². The molecule has 3 nitrogen and oxygen atoms in total. The highest BCUT2D eigenvalue weighted by Gasteiger charge is 2.19. The Morgan fingerprint density at radius 2 is 1.02 bits per heavy atom. The summed E-state index contributed by atoms with van der Waals surface area (Å²) in [7, 11) is 0. The fourth-order valence-corrected chi connectivity index (χ4v) is 7.95. The summed E-state index contributed by atoms with van der Waals surface area (Å²) in [5.41, 5.74) is 8.22. The first-order valence-electron chi connectivity index (χ1n) is 16.1. The van der Waals surface area contributed by atoms with Crippen LogP contribution in [0.4, 0.5) is 0 Å². The predicted octanol–water partition coefficient (Wildman–Crippen LogP) is 12.3. The van der Waals surface area contributed by atoms with Crippen molar-refractivity contribution in [2.24, 2.45) is 0 Å². The van der Waals surface area contributed by atoms with Crippen molar-refractivity contribution >= 4 is 55.1 Å². The van der Waals surface area contributed by atoms with Gasteiger partial charge in [-0.3, -0.25) is 4.98 Å². The first-order chi connectivity index (χ1) is 23.7. The van der Waals surface area contributed by atoms with Gasteiger partial charge in [-0.2, -0.15) is 0 Å². The van der Waals surface area contributed by atoms with Gasteiger partial charge < -0.3 is 4.74 Å². The Morgan fingerprint density at radius 1 is 0.396 bits per heavy atom. The predicted molar refractivity (Wildman–Crippen MR) is 199 cm³/mol. The summed E-state index contributed by atoms with van der Waals surface area (Å²) < 4.78 is 6.40. The van der Waals surface area contributed by atoms with Gasteiger partial charge in [-0.05, 0) is 127 Å². The SMILES string of the molecule is c1ccc2c(c1)Oc1cc(-c3cc(-c4ccc5c6ccccc6c6ccccc6c5c4)cc(-c4ccc5ncccc5n4)c3)ccc1S2. The van der Waals surface area contributed by atoms with Crippen molar-refractivity contribution in [2.45, 2.75) is 9.79 Å². The topological polar surface area (TPSA) is 35.0 Å². The van der Waals surface area contributed by atoms with E-state index in [-0.39, 0.29) is 0 Å². The van der Waals surface area contributed by atoms with Crippen molar-refractivity contribution < 1.29 is 4.74 Å². The van der Waals surface area contributed by atoms with Crippen molar-refractivity contribution in [2.75, 3.05) is 0 Å². The minimum Gasteiger partial charge on any atom is -0.455 e. The summed E-state index contributed by atoms with van der Waals surface area (Å²) in [5.74, 6) is 1.77. The summed E-state index contributed by atoms with van der Waals surface area (Å²) in [6, 6.07) is 54.0. The lowest BCUT2D eigenvalue weighted by Gasteiger charge is -2.20. The molecule has 0 N–H and O–H groups in total. The number of hydrogen-bond donors (Lipinski definition) is 0. The molecule has 9 aromatic rings. The second-order valence-corrected chi connectivity index (χ2v) is 13.3. The highest BCUT2D eigenvalue weighted by Crippen LogP contribution is 2.48. The monoisotopic (exact) mass is 630 g/mol. The molecule has 2 aromatic heterocycles. The fraction of sp³-hybridized carbons (Fsp3) is 0. The second kappa shape index (κ2) is 10.8. The molecule has 0 fully saturated rings. The largest absolute Gasteiger partial charge is 0.455 e. The number of para-hydroxylation sites is 1. The Hall–Kier alpha value is -5.97. The van der Waals surface area contributed by atoms with E-state index < -0.39 is 0 Å². The molecular weight excluding hydrogens is 605 g/mol. The Balaban J connectivity index is 1.18. The zero-order valence-corrected chi connectivity index (χ0v) is 26.5. The Morgan fingerprint density at radius 3 is 1.81 bits per heavy atom. The van der Waals surface area contributed by atoms with Crippen molar-refractivity contribution in [3.05, 3.63) is 158 Å². The number of benzene rings is 7. The molecule has 48 heavy (non-hydrogen) atoms. The Kier molecular flexibility index (Phi) is 6.11. The molecule has 3 heterocycles. The minimum absolute atomic E-state index is 0.877. The van der Waals surface area contributed by atoms with Crippen LogP contribution in [0.3, 0.4) is 0 Å². The van der Waals surface area contributed by atoms with E-state index in [9.17, 15) is 0 Å². The number of nitrogens with zero attached hydrogens (tertiary/aromatic N) is 2. The lowest BCUT2D eigenvalue weighted by Crippen LogP contribution is -1.95. The molecule has 1 aliphatic rings. The smallest absolute Gasteiger partial charge is 0.142 e. The molecule has 0 spiro atoms. The third-order valence-corrected chi connectivity index (χ3v) is 10.4. The maximum atomic E-state index is 6.40. The van der Waals surface area contributed by atoms with Crippen LogP contribution < -0.4 is 4.74 Å². The molecule has 0 saturated carbocycles. The first kappa shape index (κ1) is 27.2. The summed E-state index contributed by atoms with van der Waals surface area (Å²) in [6.07, 6.45) is 1.81. The van der Waals surface area contributed by atoms with Gasteiger partial charge in [-0.15, -0.1) is 0 Å². The maximum absolute atomic E-state index is 6.40. The molecular formula is C44H26N2OS. The van der Waals surface area contributed by atoms with Crippen LogP contribution >= 0.6 is 11.8 Å². The average Bonchev–Trinajstić information content (AvgIpc) is 3.16. The Bertz CT molecular complexity index is 2720. The van der Waals surface area contributed by atoms with Crippen LogP contribution in [0.15, 0.2) is 168 Å². The zero-order valence-electron chi connectivity index (χ0n) is 25.7. The molecule has 224 valence electrons. The van der Waals surface area contributed by atoms with Crippen LogP contribution in [0.5, 0.6) is 11.5 Å². The number of hydrogen-bond acceptors (Lipinski definition) is 4. The molecule has 1 aliphatic heterocycles. The van der Waals surface area contributed by atoms with Gasteiger partial charge in [0.25, 0.3) is 0 Å². The molecule has 0 aliphatic carbocycles. The van der Waals surface area contributed by atoms with Crippen LogP contribution in [0.2, 0.25) is 0 Å². The zero-order chi connectivity index (χ0) is 31.6. The molecule has 0 amide bonds. The van der Waals surface area contributed by atoms with Crippen LogP contribution in [0, 0.1) is 0 Å². The minimum atomic E-state index is 0.877. The molecule has 0 bridgehead atoms. The van der Waals surface area contributed by atoms with E-state index in [0.29, 0.717) is 0 Å². The van der Waals surface area contributed by atoms with Crippen molar-refractivity contribution in [1.82, 2.24) is 9.97 Å². The van der Waals surface area contributed by atoms with Gasteiger partial charge in [0, 0.05) is 11.8 Å². The molecule has 0 atom stereocenters. The summed E-state index contributed by atoms with van der Waals surface area (Å²) in [6.45, 7) is 0. The summed E-state index contributed by atoms with van der Waals surface area (Å²) in [4.78, 5) is 11.8. The van der Waals surface area contributed by atoms with E-state index in [4.69, 9.17) is 9.72 Å². The molecule has 10 rings (SSSR count). The highest BCUT2D eigenvalue weighted by atomic mass is 32.2. The number of aromatic nitrogens is 2. The second-order valence-electron chi connectivity index (χ2n) is 12.2. The van der Waals surface area contributed by atoms with E-state index in [1.807, 2.05) is 30.5 Å². The van der Waals surface area contributed by atoms with Crippen LogP contribution in [0.1, 0.15) is 0 Å². The van der Waals surface area contributed by atoms with E-state index >= 15 is 0 Å². The number of ether oxygens (including phenoxy) is 1. The number of pyridine rings is 2. The van der Waals surface area contributed by atoms with Gasteiger partial charge in [0.1, 0.15) is 11.5 Å². The van der Waals surface area contributed by atoms with Crippen molar-refractivity contribution in [3.63, 3.8) is 0 Å². The number of fused-ring (bicyclic) bond motifs is 9. The van der Waals surface area contributed by atoms with Crippen molar-refractivity contribution in [1.29, 1.82) is 0 Å². The quantitative estimate of drug-likeness (QED) is 0.182. The van der Waals surface area contributed by atoms with Gasteiger partial charge in [0.15, 0.2) is 0 Å². The maximum Gasteiger partial charge on any atom is 0.142 e. The van der Waals surface area contributed by atoms with Crippen LogP contribution in [0.25, 0.3) is 76.9 Å². The van der Waals surface area contributed by atoms with Crippen LogP contribution in [-0.2, 0) is 0 Å². The molecule has 7 aromatic carbocycles. The van der Waals surface area contributed by atoms with Gasteiger partial charge in [-0.1, -0.05) is 90.6 Å². The van der Waals surface area contributed by atoms with Crippen LogP contribution in [-0.4, -0.2) is 9.97 Å². The van der Waals surface area contributed by atoms with Gasteiger partial charge in [0.05, 0.1) is 26.5 Å². The lowest BCUT2D eigenvalue weighted by atomic mass is 9.90. The number of rotatable bonds is 3. The Labute approximate surface area is 281 Å². The standard InChI is InChI=1S/C44H26N2OS/c1-2-10-34-32(8-1)33-9-3-4-11-35(33)37-25-27(15-17-36(34)37)29-22-30(24-31(23-29)38-18-19-39-40(46-38)12-7-21-45-39)28-16-20-44-42(26-28)47-41-13-5-6-14-43(41)48-44/h1-26H. The third kappa shape index (κ3) is 4.45. The average molecular weight is 631 g/mol. The summed E-state index contributed by atoms with van der Waals surface area (Å²) in [5, 5.41) is 7.60. The van der Waals surface area contributed by atoms with Gasteiger partial charge in [-0.25, -0.2) is 4.98 Å². The third-order valence-electron chi connectivity index (χ3n) is 9.33. The van der Waals surface area contributed by atoms with E-state index in [1.54, 1.807) is 11.8 Å². The molecule has 0 radical (unpaired) electrons. The molecule has 0 unspecified atom stereocenters. The molecule has 0 saturated heterocycles. The van der Waals surface area contributed by atoms with E-state index in [0.717, 1.165) is 65.8 Å². The molecule has 4 heteroatoms. The lowest BCUT2D eigenvalue weighted by molar-refractivity contribution is 0.455. The van der Waals surface area contributed by atoms with Gasteiger partial charge in [0.2, 0.25) is 0 Å². The fourth-order valence-electron chi connectivity index (χ4n) is 7.02. The van der Waals surface area contributed by atoms with Crippen molar-refractivity contribution in [3.8, 4) is 45.0 Å². The first-order valence-corrected chi connectivity index (χ1v) is 16.9. The van der Waals surface area contributed by atoms with Gasteiger partial charge >= 0.3 is 0 Å². The van der Waals surface area contributed by atoms with E-state index in [2.05, 4.69) is 132 Å². The summed E-state index contributed by atoms with van der Waals surface area (Å²) >= 11 is 1.75.